The van der Waals surface area contributed by atoms with Crippen molar-refractivity contribution >= 4 is 0 Å². The fourth-order valence-electron chi connectivity index (χ4n) is 5.88. The van der Waals surface area contributed by atoms with E-state index in [0.29, 0.717) is 52.2 Å². The van der Waals surface area contributed by atoms with Crippen LogP contribution in [0.4, 0.5) is 13.2 Å². The minimum atomic E-state index is -4.47. The van der Waals surface area contributed by atoms with Crippen molar-refractivity contribution in [2.75, 3.05) is 58.9 Å². The van der Waals surface area contributed by atoms with Crippen molar-refractivity contribution in [2.45, 2.75) is 82.1 Å². The van der Waals surface area contributed by atoms with Crippen LogP contribution >= 0.6 is 0 Å². The summed E-state index contributed by atoms with van der Waals surface area (Å²) in [4.78, 5) is 0. The Hall–Kier alpha value is -2.13. The van der Waals surface area contributed by atoms with Crippen molar-refractivity contribution in [3.05, 3.63) is 58.7 Å². The monoisotopic (exact) mass is 651 g/mol. The van der Waals surface area contributed by atoms with Gasteiger partial charge in [-0.15, -0.1) is 0 Å². The number of rotatable bonds is 25. The molecule has 0 aliphatic carbocycles. The number of nitrogens with two attached hydrogens (primary N) is 6. The number of hydrogen-bond acceptors (Lipinski definition) is 9. The van der Waals surface area contributed by atoms with Gasteiger partial charge in [-0.1, -0.05) is 30.3 Å². The first-order valence-electron chi connectivity index (χ1n) is 16.9. The van der Waals surface area contributed by atoms with Crippen LogP contribution in [0.15, 0.2) is 36.4 Å². The first kappa shape index (κ1) is 40.0. The van der Waals surface area contributed by atoms with E-state index in [1.54, 1.807) is 12.1 Å². The second-order valence-corrected chi connectivity index (χ2v) is 12.1. The molecule has 15 N–H and O–H groups in total. The van der Waals surface area contributed by atoms with Gasteiger partial charge in [0.15, 0.2) is 0 Å². The third-order valence-electron chi connectivity index (χ3n) is 8.21. The van der Waals surface area contributed by atoms with Crippen LogP contribution in [0.5, 0.6) is 0 Å². The van der Waals surface area contributed by atoms with Gasteiger partial charge in [-0.3, -0.25) is 0 Å². The molecular weight excluding hydrogens is 591 g/mol. The summed E-state index contributed by atoms with van der Waals surface area (Å²) in [5, 5.41) is 10.5. The largest absolute Gasteiger partial charge is 0.416 e. The lowest BCUT2D eigenvalue weighted by Gasteiger charge is -2.23. The number of benzene rings is 2. The zero-order valence-corrected chi connectivity index (χ0v) is 27.5. The molecule has 0 saturated heterocycles. The molecule has 46 heavy (non-hydrogen) atoms. The number of halogens is 3. The Balaban J connectivity index is 2.56. The Kier molecular flexibility index (Phi) is 19.5. The van der Waals surface area contributed by atoms with Gasteiger partial charge in [0.2, 0.25) is 0 Å². The smallest absolute Gasteiger partial charge is 0.330 e. The molecule has 9 nitrogen and oxygen atoms in total. The summed E-state index contributed by atoms with van der Waals surface area (Å²) >= 11 is 0. The standard InChI is InChI=1S/C34H60F3N9/c35-34(36,37)33-5-4-27(23-29(33)24-32(8-14-43)46-17-3-11-40)28-19-25(21-30(6-12-41)44-15-1-9-38)18-26(20-28)22-31(7-13-42)45-16-2-10-39/h4-5,18-20,23,30-32,44-46H,1-3,6-17,21-22,24,38-43H2. The minimum absolute atomic E-state index is 0.155. The summed E-state index contributed by atoms with van der Waals surface area (Å²) in [6, 6.07) is 11.0. The summed E-state index contributed by atoms with van der Waals surface area (Å²) in [5.41, 5.74) is 38.3. The van der Waals surface area contributed by atoms with Gasteiger partial charge in [0.1, 0.15) is 0 Å². The highest BCUT2D eigenvalue weighted by molar-refractivity contribution is 5.67. The summed E-state index contributed by atoms with van der Waals surface area (Å²) in [6.07, 6.45) is 1.83. The average molecular weight is 652 g/mol. The molecule has 3 unspecified atom stereocenters. The normalized spacial score (nSPS) is 14.0. The van der Waals surface area contributed by atoms with Gasteiger partial charge in [-0.25, -0.2) is 0 Å². The lowest BCUT2D eigenvalue weighted by molar-refractivity contribution is -0.138. The molecule has 0 radical (unpaired) electrons. The minimum Gasteiger partial charge on any atom is -0.330 e. The van der Waals surface area contributed by atoms with E-state index < -0.39 is 11.7 Å². The van der Waals surface area contributed by atoms with Crippen LogP contribution in [0.2, 0.25) is 0 Å². The summed E-state index contributed by atoms with van der Waals surface area (Å²) in [6.45, 7) is 5.39. The van der Waals surface area contributed by atoms with Crippen LogP contribution < -0.4 is 50.4 Å². The molecule has 0 saturated carbocycles. The summed E-state index contributed by atoms with van der Waals surface area (Å²) in [7, 11) is 0. The summed E-state index contributed by atoms with van der Waals surface area (Å²) < 4.78 is 42.7. The Morgan fingerprint density at radius 2 is 0.957 bits per heavy atom. The topological polar surface area (TPSA) is 192 Å². The average Bonchev–Trinajstić information content (AvgIpc) is 3.01. The van der Waals surface area contributed by atoms with Crippen LogP contribution in [0.25, 0.3) is 11.1 Å². The van der Waals surface area contributed by atoms with Gasteiger partial charge in [0, 0.05) is 18.1 Å². The molecule has 0 bridgehead atoms. The second-order valence-electron chi connectivity index (χ2n) is 12.1. The predicted octanol–water partition coefficient (Wildman–Crippen LogP) is 1.97. The van der Waals surface area contributed by atoms with E-state index in [0.717, 1.165) is 80.3 Å². The molecule has 12 heteroatoms. The Labute approximate surface area is 274 Å². The highest BCUT2D eigenvalue weighted by Crippen LogP contribution is 2.36. The fraction of sp³-hybridized carbons (Fsp3) is 0.647. The van der Waals surface area contributed by atoms with Gasteiger partial charge in [-0.05, 0) is 151 Å². The maximum Gasteiger partial charge on any atom is 0.416 e. The van der Waals surface area contributed by atoms with Crippen LogP contribution in [0.1, 0.15) is 60.8 Å². The molecule has 0 heterocycles. The van der Waals surface area contributed by atoms with Crippen LogP contribution in [0, 0.1) is 0 Å². The third-order valence-corrected chi connectivity index (χ3v) is 8.21. The van der Waals surface area contributed by atoms with Crippen molar-refractivity contribution < 1.29 is 13.2 Å². The maximum absolute atomic E-state index is 14.2. The van der Waals surface area contributed by atoms with Crippen molar-refractivity contribution in [1.29, 1.82) is 0 Å². The van der Waals surface area contributed by atoms with Gasteiger partial charge in [-0.2, -0.15) is 13.2 Å². The van der Waals surface area contributed by atoms with Crippen molar-refractivity contribution in [2.24, 2.45) is 34.4 Å². The molecule has 0 amide bonds. The van der Waals surface area contributed by atoms with Gasteiger partial charge in [0.25, 0.3) is 0 Å². The van der Waals surface area contributed by atoms with E-state index in [1.165, 1.54) is 6.07 Å². The molecule has 0 spiro atoms. The van der Waals surface area contributed by atoms with Crippen LogP contribution in [-0.2, 0) is 25.4 Å². The quantitative estimate of drug-likeness (QED) is 0.0722. The molecule has 2 rings (SSSR count). The lowest BCUT2D eigenvalue weighted by atomic mass is 9.90. The maximum atomic E-state index is 14.2. The van der Waals surface area contributed by atoms with E-state index in [4.69, 9.17) is 34.4 Å². The molecule has 0 aromatic heterocycles. The molecule has 3 atom stereocenters. The molecule has 262 valence electrons. The molecule has 0 fully saturated rings. The van der Waals surface area contributed by atoms with Crippen molar-refractivity contribution in [3.63, 3.8) is 0 Å². The second kappa shape index (κ2) is 22.4. The van der Waals surface area contributed by atoms with Crippen LogP contribution in [0.3, 0.4) is 0 Å². The van der Waals surface area contributed by atoms with Crippen molar-refractivity contribution in [1.82, 2.24) is 16.0 Å². The first-order valence-corrected chi connectivity index (χ1v) is 16.9. The molecular formula is C34H60F3N9. The number of alkyl halides is 3. The first-order chi connectivity index (χ1) is 22.2. The van der Waals surface area contributed by atoms with E-state index >= 15 is 0 Å². The fourth-order valence-corrected chi connectivity index (χ4v) is 5.88. The number of hydrogen-bond donors (Lipinski definition) is 9. The van der Waals surface area contributed by atoms with Gasteiger partial charge in [0.05, 0.1) is 5.56 Å². The molecule has 0 aliphatic heterocycles. The van der Waals surface area contributed by atoms with Crippen molar-refractivity contribution in [3.8, 4) is 11.1 Å². The lowest BCUT2D eigenvalue weighted by Crippen LogP contribution is -2.35. The Morgan fingerprint density at radius 1 is 0.522 bits per heavy atom. The Morgan fingerprint density at radius 3 is 1.35 bits per heavy atom. The van der Waals surface area contributed by atoms with E-state index in [9.17, 15) is 13.2 Å². The van der Waals surface area contributed by atoms with E-state index in [-0.39, 0.29) is 30.1 Å². The van der Waals surface area contributed by atoms with Crippen LogP contribution in [-0.4, -0.2) is 77.0 Å². The highest BCUT2D eigenvalue weighted by atomic mass is 19.4. The summed E-state index contributed by atoms with van der Waals surface area (Å²) in [5.74, 6) is 0. The third kappa shape index (κ3) is 14.7. The Bertz CT molecular complexity index is 1060. The molecule has 2 aromatic carbocycles. The van der Waals surface area contributed by atoms with E-state index in [2.05, 4.69) is 34.1 Å². The number of nitrogens with one attached hydrogen (secondary N) is 3. The molecule has 2 aromatic rings. The predicted molar refractivity (Wildman–Crippen MR) is 185 cm³/mol. The zero-order valence-electron chi connectivity index (χ0n) is 27.5. The molecule has 0 aliphatic rings. The van der Waals surface area contributed by atoms with E-state index in [1.807, 2.05) is 0 Å². The van der Waals surface area contributed by atoms with Gasteiger partial charge < -0.3 is 50.4 Å². The zero-order chi connectivity index (χ0) is 33.8. The SMILES string of the molecule is NCCCNC(CCN)Cc1cc(CC(CCN)NCCCN)cc(-c2ccc(C(F)(F)F)c(CC(CCN)NCCCN)c2)c1. The highest BCUT2D eigenvalue weighted by Gasteiger charge is 2.34. The van der Waals surface area contributed by atoms with Gasteiger partial charge >= 0.3 is 6.18 Å².